The molecule has 2 aromatic rings. The first-order valence-electron chi connectivity index (χ1n) is 10.0. The van der Waals surface area contributed by atoms with Crippen LogP contribution in [0.4, 0.5) is 5.00 Å². The van der Waals surface area contributed by atoms with Crippen molar-refractivity contribution in [2.24, 2.45) is 17.1 Å². The molecule has 3 N–H and O–H groups in total. The number of anilines is 1. The Kier molecular flexibility index (Phi) is 6.31. The van der Waals surface area contributed by atoms with Gasteiger partial charge in [-0.1, -0.05) is 51.1 Å². The Morgan fingerprint density at radius 1 is 1.20 bits per heavy atom. The lowest BCUT2D eigenvalue weighted by Gasteiger charge is -2.33. The summed E-state index contributed by atoms with van der Waals surface area (Å²) in [6.07, 6.45) is 1.48. The molecule has 160 valence electrons. The van der Waals surface area contributed by atoms with E-state index in [9.17, 15) is 14.4 Å². The predicted molar refractivity (Wildman–Crippen MR) is 117 cm³/mol. The number of rotatable bonds is 5. The molecule has 0 aliphatic heterocycles. The summed E-state index contributed by atoms with van der Waals surface area (Å²) in [5.74, 6) is -1.13. The lowest BCUT2D eigenvalue weighted by atomic mass is 9.72. The molecule has 0 saturated carbocycles. The maximum atomic E-state index is 13.0. The largest absolute Gasteiger partial charge is 0.447 e. The fourth-order valence-corrected chi connectivity index (χ4v) is 5.25. The Balaban J connectivity index is 1.92. The van der Waals surface area contributed by atoms with Crippen LogP contribution in [0.2, 0.25) is 0 Å². The van der Waals surface area contributed by atoms with E-state index >= 15 is 0 Å². The molecule has 6 nitrogen and oxygen atoms in total. The SMILES string of the molecule is CC(=O)OC(C(=O)Nc1sc2c(c1C(N)=O)CCC(C(C)(C)C)C2)c1ccccc1. The summed E-state index contributed by atoms with van der Waals surface area (Å²) >= 11 is 1.40. The van der Waals surface area contributed by atoms with Gasteiger partial charge in [0.25, 0.3) is 11.8 Å². The second kappa shape index (κ2) is 8.60. The van der Waals surface area contributed by atoms with Crippen molar-refractivity contribution < 1.29 is 19.1 Å². The highest BCUT2D eigenvalue weighted by Gasteiger charge is 2.34. The number of nitrogens with two attached hydrogens (primary N) is 1. The topological polar surface area (TPSA) is 98.5 Å². The number of carbonyl (C=O) groups excluding carboxylic acids is 3. The molecule has 2 amide bonds. The van der Waals surface area contributed by atoms with Crippen LogP contribution in [0.5, 0.6) is 0 Å². The average Bonchev–Trinajstić information content (AvgIpc) is 3.03. The molecule has 1 aliphatic carbocycles. The fraction of sp³-hybridized carbons (Fsp3) is 0.435. The van der Waals surface area contributed by atoms with Gasteiger partial charge in [0, 0.05) is 17.4 Å². The number of primary amides is 1. The first-order chi connectivity index (χ1) is 14.1. The molecule has 1 heterocycles. The predicted octanol–water partition coefficient (Wildman–Crippen LogP) is 4.24. The first kappa shape index (κ1) is 22.0. The van der Waals surface area contributed by atoms with Crippen molar-refractivity contribution >= 4 is 34.1 Å². The van der Waals surface area contributed by atoms with Gasteiger partial charge in [-0.3, -0.25) is 14.4 Å². The Bertz CT molecular complexity index is 960. The molecular formula is C23H28N2O4S. The monoisotopic (exact) mass is 428 g/mol. The number of esters is 1. The maximum absolute atomic E-state index is 13.0. The molecule has 1 aromatic heterocycles. The van der Waals surface area contributed by atoms with Gasteiger partial charge in [0.15, 0.2) is 0 Å². The lowest BCUT2D eigenvalue weighted by molar-refractivity contribution is -0.152. The van der Waals surface area contributed by atoms with Crippen molar-refractivity contribution in [1.29, 1.82) is 0 Å². The van der Waals surface area contributed by atoms with Crippen LogP contribution in [-0.2, 0) is 27.2 Å². The van der Waals surface area contributed by atoms with Crippen molar-refractivity contribution in [3.63, 3.8) is 0 Å². The van der Waals surface area contributed by atoms with Gasteiger partial charge in [-0.25, -0.2) is 0 Å². The van der Waals surface area contributed by atoms with Crippen LogP contribution >= 0.6 is 11.3 Å². The number of thiophene rings is 1. The van der Waals surface area contributed by atoms with E-state index in [-0.39, 0.29) is 5.41 Å². The van der Waals surface area contributed by atoms with Crippen LogP contribution in [0.25, 0.3) is 0 Å². The molecule has 2 unspecified atom stereocenters. The van der Waals surface area contributed by atoms with Gasteiger partial charge in [-0.05, 0) is 36.2 Å². The fourth-order valence-electron chi connectivity index (χ4n) is 3.92. The van der Waals surface area contributed by atoms with Crippen molar-refractivity contribution in [1.82, 2.24) is 0 Å². The highest BCUT2D eigenvalue weighted by Crippen LogP contribution is 2.44. The third kappa shape index (κ3) is 4.73. The van der Waals surface area contributed by atoms with Gasteiger partial charge < -0.3 is 15.8 Å². The van der Waals surface area contributed by atoms with Crippen LogP contribution in [0.1, 0.15) is 66.6 Å². The van der Waals surface area contributed by atoms with Crippen LogP contribution in [0.3, 0.4) is 0 Å². The number of amides is 2. The number of carbonyl (C=O) groups is 3. The zero-order valence-corrected chi connectivity index (χ0v) is 18.6. The normalized spacial score (nSPS) is 17.0. The van der Waals surface area contributed by atoms with Crippen LogP contribution in [0, 0.1) is 11.3 Å². The Hall–Kier alpha value is -2.67. The molecule has 0 spiro atoms. The molecule has 0 saturated heterocycles. The van der Waals surface area contributed by atoms with E-state index < -0.39 is 23.9 Å². The maximum Gasteiger partial charge on any atom is 0.303 e. The standard InChI is InChI=1S/C23H28N2O4S/c1-13(26)29-19(14-8-6-5-7-9-14)21(28)25-22-18(20(24)27)16-11-10-15(23(2,3)4)12-17(16)30-22/h5-9,15,19H,10-12H2,1-4H3,(H2,24,27)(H,25,28). The van der Waals surface area contributed by atoms with Gasteiger partial charge in [0.05, 0.1) is 5.56 Å². The Morgan fingerprint density at radius 3 is 2.43 bits per heavy atom. The second-order valence-electron chi connectivity index (χ2n) is 8.77. The number of ether oxygens (including phenoxy) is 1. The number of hydrogen-bond acceptors (Lipinski definition) is 5. The van der Waals surface area contributed by atoms with Crippen molar-refractivity contribution in [3.05, 3.63) is 51.9 Å². The highest BCUT2D eigenvalue weighted by atomic mass is 32.1. The van der Waals surface area contributed by atoms with Crippen LogP contribution in [0.15, 0.2) is 30.3 Å². The van der Waals surface area contributed by atoms with Crippen molar-refractivity contribution in [3.8, 4) is 0 Å². The van der Waals surface area contributed by atoms with Gasteiger partial charge in [0.1, 0.15) is 5.00 Å². The lowest BCUT2D eigenvalue weighted by Crippen LogP contribution is -2.27. The molecule has 0 radical (unpaired) electrons. The summed E-state index contributed by atoms with van der Waals surface area (Å²) < 4.78 is 5.27. The molecule has 1 aliphatic rings. The molecule has 30 heavy (non-hydrogen) atoms. The number of nitrogens with one attached hydrogen (secondary N) is 1. The molecule has 3 rings (SSSR count). The molecule has 0 fully saturated rings. The zero-order chi connectivity index (χ0) is 22.1. The van der Waals surface area contributed by atoms with E-state index in [0.717, 1.165) is 29.7 Å². The number of fused-ring (bicyclic) bond motifs is 1. The summed E-state index contributed by atoms with van der Waals surface area (Å²) in [7, 11) is 0. The Morgan fingerprint density at radius 2 is 1.87 bits per heavy atom. The third-order valence-corrected chi connectivity index (χ3v) is 6.77. The molecule has 2 atom stereocenters. The summed E-state index contributed by atoms with van der Waals surface area (Å²) in [5.41, 5.74) is 7.71. The summed E-state index contributed by atoms with van der Waals surface area (Å²) in [4.78, 5) is 37.9. The highest BCUT2D eigenvalue weighted by molar-refractivity contribution is 7.17. The number of hydrogen-bond donors (Lipinski definition) is 2. The first-order valence-corrected chi connectivity index (χ1v) is 10.9. The van der Waals surface area contributed by atoms with E-state index in [1.807, 2.05) is 6.07 Å². The van der Waals surface area contributed by atoms with E-state index in [0.29, 0.717) is 22.0 Å². The van der Waals surface area contributed by atoms with E-state index in [2.05, 4.69) is 26.1 Å². The van der Waals surface area contributed by atoms with Crippen molar-refractivity contribution in [2.75, 3.05) is 5.32 Å². The van der Waals surface area contributed by atoms with Crippen LogP contribution in [-0.4, -0.2) is 17.8 Å². The second-order valence-corrected chi connectivity index (χ2v) is 9.87. The number of benzene rings is 1. The smallest absolute Gasteiger partial charge is 0.303 e. The zero-order valence-electron chi connectivity index (χ0n) is 17.8. The minimum Gasteiger partial charge on any atom is -0.447 e. The van der Waals surface area contributed by atoms with E-state index in [4.69, 9.17) is 10.5 Å². The minimum absolute atomic E-state index is 0.158. The molecule has 7 heteroatoms. The third-order valence-electron chi connectivity index (χ3n) is 5.60. The van der Waals surface area contributed by atoms with Crippen molar-refractivity contribution in [2.45, 2.75) is 53.1 Å². The van der Waals surface area contributed by atoms with Crippen LogP contribution < -0.4 is 11.1 Å². The average molecular weight is 429 g/mol. The Labute approximate surface area is 180 Å². The quantitative estimate of drug-likeness (QED) is 0.696. The van der Waals surface area contributed by atoms with E-state index in [1.54, 1.807) is 24.3 Å². The summed E-state index contributed by atoms with van der Waals surface area (Å²) in [6, 6.07) is 8.79. The molecule has 0 bridgehead atoms. The van der Waals surface area contributed by atoms with Gasteiger partial charge in [-0.15, -0.1) is 11.3 Å². The van der Waals surface area contributed by atoms with Gasteiger partial charge >= 0.3 is 5.97 Å². The van der Waals surface area contributed by atoms with Gasteiger partial charge in [0.2, 0.25) is 6.10 Å². The summed E-state index contributed by atoms with van der Waals surface area (Å²) in [5, 5.41) is 3.24. The van der Waals surface area contributed by atoms with Gasteiger partial charge in [-0.2, -0.15) is 0 Å². The molecular weight excluding hydrogens is 400 g/mol. The molecule has 1 aromatic carbocycles. The minimum atomic E-state index is -1.11. The van der Waals surface area contributed by atoms with E-state index in [1.165, 1.54) is 18.3 Å². The summed E-state index contributed by atoms with van der Waals surface area (Å²) in [6.45, 7) is 7.92.